The Kier molecular flexibility index (Phi) is 2.81. The van der Waals surface area contributed by atoms with Crippen molar-refractivity contribution in [2.24, 2.45) is 0 Å². The number of nitrogens with zero attached hydrogens (tertiary/aromatic N) is 1. The van der Waals surface area contributed by atoms with Gasteiger partial charge < -0.3 is 0 Å². The fourth-order valence-corrected chi connectivity index (χ4v) is 2.89. The third-order valence-corrected chi connectivity index (χ3v) is 3.87. The molecular formula is C15H21NS. The summed E-state index contributed by atoms with van der Waals surface area (Å²) >= 11 is 1.61. The van der Waals surface area contributed by atoms with Crippen LogP contribution in [0.15, 0.2) is 18.2 Å². The SMILES string of the molecule is CC(C)(C)c1ccc2snc(C(C)(C)C)c2c1. The molecule has 0 spiro atoms. The molecule has 1 nitrogen and oxygen atoms in total. The molecule has 1 heterocycles. The van der Waals surface area contributed by atoms with E-state index in [1.165, 1.54) is 21.3 Å². The van der Waals surface area contributed by atoms with Crippen LogP contribution in [0.1, 0.15) is 52.8 Å². The second kappa shape index (κ2) is 3.81. The molecule has 0 atom stereocenters. The molecule has 92 valence electrons. The van der Waals surface area contributed by atoms with Crippen molar-refractivity contribution in [3.8, 4) is 0 Å². The normalized spacial score (nSPS) is 13.3. The van der Waals surface area contributed by atoms with E-state index in [0.717, 1.165) is 0 Å². The van der Waals surface area contributed by atoms with Crippen molar-refractivity contribution < 1.29 is 0 Å². The number of rotatable bonds is 0. The molecule has 0 unspecified atom stereocenters. The zero-order chi connectivity index (χ0) is 12.8. The number of benzene rings is 1. The first kappa shape index (κ1) is 12.6. The van der Waals surface area contributed by atoms with Crippen molar-refractivity contribution >= 4 is 21.6 Å². The molecule has 1 aromatic heterocycles. The molecular weight excluding hydrogens is 226 g/mol. The molecule has 0 aliphatic rings. The second-order valence-electron chi connectivity index (χ2n) is 6.74. The predicted octanol–water partition coefficient (Wildman–Crippen LogP) is 4.89. The first-order valence-electron chi connectivity index (χ1n) is 6.10. The third kappa shape index (κ3) is 2.37. The lowest BCUT2D eigenvalue weighted by Gasteiger charge is -2.20. The number of hydrogen-bond acceptors (Lipinski definition) is 2. The maximum Gasteiger partial charge on any atom is 0.0674 e. The zero-order valence-corrected chi connectivity index (χ0v) is 12.4. The summed E-state index contributed by atoms with van der Waals surface area (Å²) in [7, 11) is 0. The van der Waals surface area contributed by atoms with Crippen molar-refractivity contribution in [1.29, 1.82) is 0 Å². The van der Waals surface area contributed by atoms with Crippen LogP contribution in [0.2, 0.25) is 0 Å². The minimum absolute atomic E-state index is 0.120. The van der Waals surface area contributed by atoms with Crippen molar-refractivity contribution in [3.63, 3.8) is 0 Å². The Morgan fingerprint density at radius 2 is 1.59 bits per heavy atom. The minimum Gasteiger partial charge on any atom is -0.196 e. The van der Waals surface area contributed by atoms with Crippen LogP contribution in [0.4, 0.5) is 0 Å². The Labute approximate surface area is 108 Å². The molecule has 2 rings (SSSR count). The van der Waals surface area contributed by atoms with Crippen molar-refractivity contribution in [3.05, 3.63) is 29.5 Å². The maximum atomic E-state index is 4.63. The fourth-order valence-electron chi connectivity index (χ4n) is 1.95. The quantitative estimate of drug-likeness (QED) is 0.646. The Morgan fingerprint density at radius 1 is 0.941 bits per heavy atom. The topological polar surface area (TPSA) is 12.9 Å². The molecule has 0 saturated carbocycles. The van der Waals surface area contributed by atoms with E-state index >= 15 is 0 Å². The van der Waals surface area contributed by atoms with E-state index in [0.29, 0.717) is 0 Å². The van der Waals surface area contributed by atoms with E-state index in [2.05, 4.69) is 64.1 Å². The summed E-state index contributed by atoms with van der Waals surface area (Å²) in [5.41, 5.74) is 2.93. The lowest BCUT2D eigenvalue weighted by atomic mass is 9.84. The summed E-state index contributed by atoms with van der Waals surface area (Å²) in [4.78, 5) is 0. The summed E-state index contributed by atoms with van der Waals surface area (Å²) in [6, 6.07) is 6.76. The van der Waals surface area contributed by atoms with Crippen molar-refractivity contribution in [2.75, 3.05) is 0 Å². The van der Waals surface area contributed by atoms with Crippen molar-refractivity contribution in [1.82, 2.24) is 4.37 Å². The lowest BCUT2D eigenvalue weighted by Crippen LogP contribution is -2.13. The predicted molar refractivity (Wildman–Crippen MR) is 77.0 cm³/mol. The van der Waals surface area contributed by atoms with Gasteiger partial charge in [0.2, 0.25) is 0 Å². The number of hydrogen-bond donors (Lipinski definition) is 0. The highest BCUT2D eigenvalue weighted by molar-refractivity contribution is 7.13. The molecule has 0 bridgehead atoms. The fraction of sp³-hybridized carbons (Fsp3) is 0.533. The molecule has 1 aromatic carbocycles. The van der Waals surface area contributed by atoms with Gasteiger partial charge in [-0.1, -0.05) is 47.6 Å². The van der Waals surface area contributed by atoms with E-state index in [1.807, 2.05) is 0 Å². The second-order valence-corrected chi connectivity index (χ2v) is 7.55. The van der Waals surface area contributed by atoms with Crippen LogP contribution in [0.25, 0.3) is 10.1 Å². The average Bonchev–Trinajstić information content (AvgIpc) is 2.57. The van der Waals surface area contributed by atoms with Gasteiger partial charge in [0, 0.05) is 10.8 Å². The summed E-state index contributed by atoms with van der Waals surface area (Å²) in [6.07, 6.45) is 0. The van der Waals surface area contributed by atoms with Crippen LogP contribution in [0.5, 0.6) is 0 Å². The lowest BCUT2D eigenvalue weighted by molar-refractivity contribution is 0.579. The monoisotopic (exact) mass is 247 g/mol. The van der Waals surface area contributed by atoms with Gasteiger partial charge in [0.15, 0.2) is 0 Å². The van der Waals surface area contributed by atoms with E-state index < -0.39 is 0 Å². The first-order valence-corrected chi connectivity index (χ1v) is 6.87. The van der Waals surface area contributed by atoms with E-state index in [1.54, 1.807) is 11.5 Å². The van der Waals surface area contributed by atoms with E-state index in [9.17, 15) is 0 Å². The molecule has 0 amide bonds. The Hall–Kier alpha value is -0.890. The highest BCUT2D eigenvalue weighted by Crippen LogP contribution is 2.34. The van der Waals surface area contributed by atoms with Gasteiger partial charge >= 0.3 is 0 Å². The van der Waals surface area contributed by atoms with Gasteiger partial charge in [-0.25, -0.2) is 0 Å². The highest BCUT2D eigenvalue weighted by Gasteiger charge is 2.22. The highest BCUT2D eigenvalue weighted by atomic mass is 32.1. The molecule has 2 aromatic rings. The molecule has 2 heteroatoms. The van der Waals surface area contributed by atoms with Gasteiger partial charge in [-0.2, -0.15) is 4.37 Å². The summed E-state index contributed by atoms with van der Waals surface area (Å²) in [6.45, 7) is 13.4. The number of aromatic nitrogens is 1. The van der Waals surface area contributed by atoms with E-state index in [-0.39, 0.29) is 10.8 Å². The molecule has 0 saturated heterocycles. The summed E-state index contributed by atoms with van der Waals surface area (Å²) in [5.74, 6) is 0. The Bertz CT molecular complexity index is 538. The summed E-state index contributed by atoms with van der Waals surface area (Å²) < 4.78 is 5.93. The maximum absolute atomic E-state index is 4.63. The van der Waals surface area contributed by atoms with Crippen LogP contribution < -0.4 is 0 Å². The standard InChI is InChI=1S/C15H21NS/c1-14(2,3)10-7-8-12-11(9-10)13(16-17-12)15(4,5)6/h7-9H,1-6H3. The Morgan fingerprint density at radius 3 is 2.12 bits per heavy atom. The molecule has 0 aliphatic carbocycles. The summed E-state index contributed by atoms with van der Waals surface area (Å²) in [5, 5.41) is 1.33. The molecule has 0 radical (unpaired) electrons. The van der Waals surface area contributed by atoms with Gasteiger partial charge in [-0.05, 0) is 34.6 Å². The first-order chi connectivity index (χ1) is 7.69. The van der Waals surface area contributed by atoms with Gasteiger partial charge in [-0.3, -0.25) is 0 Å². The minimum atomic E-state index is 0.120. The number of fused-ring (bicyclic) bond motifs is 1. The Balaban J connectivity index is 2.67. The smallest absolute Gasteiger partial charge is 0.0674 e. The van der Waals surface area contributed by atoms with Gasteiger partial charge in [0.25, 0.3) is 0 Å². The van der Waals surface area contributed by atoms with Gasteiger partial charge in [-0.15, -0.1) is 0 Å². The molecule has 17 heavy (non-hydrogen) atoms. The average molecular weight is 247 g/mol. The molecule has 0 N–H and O–H groups in total. The van der Waals surface area contributed by atoms with Crippen LogP contribution in [0, 0.1) is 0 Å². The van der Waals surface area contributed by atoms with Crippen LogP contribution >= 0.6 is 11.5 Å². The van der Waals surface area contributed by atoms with Gasteiger partial charge in [0.1, 0.15) is 0 Å². The zero-order valence-electron chi connectivity index (χ0n) is 11.6. The van der Waals surface area contributed by atoms with Crippen LogP contribution in [-0.4, -0.2) is 4.37 Å². The van der Waals surface area contributed by atoms with Crippen LogP contribution in [-0.2, 0) is 10.8 Å². The van der Waals surface area contributed by atoms with E-state index in [4.69, 9.17) is 0 Å². The van der Waals surface area contributed by atoms with Crippen molar-refractivity contribution in [2.45, 2.75) is 52.4 Å². The molecule has 0 aliphatic heterocycles. The molecule has 0 fully saturated rings. The third-order valence-electron chi connectivity index (χ3n) is 3.05. The van der Waals surface area contributed by atoms with Crippen LogP contribution in [0.3, 0.4) is 0 Å². The largest absolute Gasteiger partial charge is 0.196 e. The van der Waals surface area contributed by atoms with Gasteiger partial charge in [0.05, 0.1) is 10.4 Å².